The topological polar surface area (TPSA) is 51.1 Å². The van der Waals surface area contributed by atoms with Gasteiger partial charge in [-0.05, 0) is 82.2 Å². The van der Waals surface area contributed by atoms with Crippen LogP contribution in [-0.2, 0) is 19.4 Å². The molecule has 1 aliphatic rings. The Morgan fingerprint density at radius 3 is 2.63 bits per heavy atom. The van der Waals surface area contributed by atoms with E-state index in [9.17, 15) is 9.59 Å². The quantitative estimate of drug-likeness (QED) is 0.502. The highest BCUT2D eigenvalue weighted by Crippen LogP contribution is 2.32. The van der Waals surface area contributed by atoms with Gasteiger partial charge in [0.1, 0.15) is 5.56 Å². The highest BCUT2D eigenvalue weighted by molar-refractivity contribution is 9.11. The Balaban J connectivity index is 2.11. The van der Waals surface area contributed by atoms with Crippen LogP contribution in [0.25, 0.3) is 0 Å². The molecule has 1 aliphatic heterocycles. The number of carbonyl (C=O) groups is 1. The molecule has 4 nitrogen and oxygen atoms in total. The van der Waals surface area contributed by atoms with Crippen LogP contribution in [0.3, 0.4) is 0 Å². The zero-order valence-corrected chi connectivity index (χ0v) is 20.1. The molecule has 144 valence electrons. The lowest BCUT2D eigenvalue weighted by molar-refractivity contribution is 0.102. The summed E-state index contributed by atoms with van der Waals surface area (Å²) in [6, 6.07) is 3.88. The maximum Gasteiger partial charge on any atom is 0.261 e. The van der Waals surface area contributed by atoms with Crippen molar-refractivity contribution in [1.82, 2.24) is 4.57 Å². The number of carbonyl (C=O) groups excluding carboxylic acids is 1. The van der Waals surface area contributed by atoms with Crippen LogP contribution in [0.15, 0.2) is 30.3 Å². The Hall–Kier alpha value is -0.920. The largest absolute Gasteiger partial charge is 0.347 e. The van der Waals surface area contributed by atoms with Gasteiger partial charge in [-0.3, -0.25) is 9.59 Å². The van der Waals surface area contributed by atoms with Crippen molar-refractivity contribution in [3.05, 3.63) is 58.3 Å². The molecule has 0 aliphatic carbocycles. The van der Waals surface area contributed by atoms with Crippen molar-refractivity contribution in [1.29, 1.82) is 0 Å². The number of nitrogens with zero attached hydrogens (tertiary/aromatic N) is 1. The van der Waals surface area contributed by atoms with Gasteiger partial charge in [-0.1, -0.05) is 29.3 Å². The van der Waals surface area contributed by atoms with Crippen molar-refractivity contribution in [2.24, 2.45) is 0 Å². The van der Waals surface area contributed by atoms with E-state index in [1.54, 1.807) is 0 Å². The van der Waals surface area contributed by atoms with E-state index in [4.69, 9.17) is 0 Å². The first-order valence-corrected chi connectivity index (χ1v) is 11.4. The number of aryl methyl sites for hydroxylation is 1. The minimum Gasteiger partial charge on any atom is -0.347 e. The van der Waals surface area contributed by atoms with Gasteiger partial charge in [0, 0.05) is 26.9 Å². The van der Waals surface area contributed by atoms with Gasteiger partial charge in [0.15, 0.2) is 0 Å². The first-order chi connectivity index (χ1) is 12.8. The Bertz CT molecular complexity index is 967. The van der Waals surface area contributed by atoms with Crippen molar-refractivity contribution in [2.75, 3.05) is 5.32 Å². The smallest absolute Gasteiger partial charge is 0.261 e. The summed E-state index contributed by atoms with van der Waals surface area (Å²) >= 11 is 10.4. The number of aromatic nitrogens is 1. The van der Waals surface area contributed by atoms with Crippen molar-refractivity contribution in [3.63, 3.8) is 0 Å². The Morgan fingerprint density at radius 2 is 1.93 bits per heavy atom. The lowest BCUT2D eigenvalue weighted by atomic mass is 10.1. The summed E-state index contributed by atoms with van der Waals surface area (Å²) in [6.07, 6.45) is 4.66. The van der Waals surface area contributed by atoms with Gasteiger partial charge in [-0.25, -0.2) is 0 Å². The molecule has 1 aromatic heterocycles. The van der Waals surface area contributed by atoms with Gasteiger partial charge >= 0.3 is 0 Å². The van der Waals surface area contributed by atoms with E-state index in [1.807, 2.05) is 26.0 Å². The molecule has 27 heavy (non-hydrogen) atoms. The SMILES string of the molecule is CCc1cc(Br)cc(Br)c1NC(=O)c1c2n(c(C)c(Br)c1=O)CCCCC2. The minimum atomic E-state index is -0.343. The first-order valence-electron chi connectivity index (χ1n) is 9.06. The van der Waals surface area contributed by atoms with E-state index in [0.29, 0.717) is 10.2 Å². The molecule has 0 spiro atoms. The maximum atomic E-state index is 13.2. The fraction of sp³-hybridized carbons (Fsp3) is 0.400. The standard InChI is InChI=1S/C20H21Br3N2O2/c1-3-12-9-13(21)10-14(22)18(12)24-20(27)16-15-7-5-4-6-8-25(15)11(2)17(23)19(16)26/h9-10H,3-8H2,1-2H3,(H,24,27). The number of amides is 1. The number of hydrogen-bond donors (Lipinski definition) is 1. The molecule has 1 N–H and O–H groups in total. The Morgan fingerprint density at radius 1 is 1.19 bits per heavy atom. The number of nitrogens with one attached hydrogen (secondary N) is 1. The molecule has 0 unspecified atom stereocenters. The second-order valence-electron chi connectivity index (χ2n) is 6.74. The first kappa shape index (κ1) is 20.8. The highest BCUT2D eigenvalue weighted by atomic mass is 79.9. The molecular formula is C20H21Br3N2O2. The molecular weight excluding hydrogens is 540 g/mol. The van der Waals surface area contributed by atoms with Gasteiger partial charge < -0.3 is 9.88 Å². The third-order valence-electron chi connectivity index (χ3n) is 5.04. The summed E-state index contributed by atoms with van der Waals surface area (Å²) in [5, 5.41) is 2.99. The number of fused-ring (bicyclic) bond motifs is 1. The van der Waals surface area contributed by atoms with Gasteiger partial charge in [-0.15, -0.1) is 0 Å². The average Bonchev–Trinajstić information content (AvgIpc) is 2.88. The zero-order valence-electron chi connectivity index (χ0n) is 15.3. The third-order valence-corrected chi connectivity index (χ3v) is 7.06. The van der Waals surface area contributed by atoms with Crippen LogP contribution in [0, 0.1) is 6.92 Å². The summed E-state index contributed by atoms with van der Waals surface area (Å²) in [5.74, 6) is -0.343. The molecule has 7 heteroatoms. The molecule has 3 rings (SSSR count). The van der Waals surface area contributed by atoms with Crippen LogP contribution in [0.2, 0.25) is 0 Å². The molecule has 0 saturated heterocycles. The Labute approximate surface area is 184 Å². The fourth-order valence-corrected chi connectivity index (χ4v) is 5.44. The number of anilines is 1. The number of rotatable bonds is 3. The number of pyridine rings is 1. The lowest BCUT2D eigenvalue weighted by Gasteiger charge is -2.20. The number of hydrogen-bond acceptors (Lipinski definition) is 2. The van der Waals surface area contributed by atoms with E-state index < -0.39 is 0 Å². The van der Waals surface area contributed by atoms with E-state index in [2.05, 4.69) is 57.7 Å². The summed E-state index contributed by atoms with van der Waals surface area (Å²) in [6.45, 7) is 4.80. The van der Waals surface area contributed by atoms with Crippen molar-refractivity contribution in [3.8, 4) is 0 Å². The molecule has 0 saturated carbocycles. The summed E-state index contributed by atoms with van der Waals surface area (Å²) in [4.78, 5) is 26.2. The van der Waals surface area contributed by atoms with E-state index >= 15 is 0 Å². The molecule has 2 heterocycles. The normalized spacial score (nSPS) is 13.8. The molecule has 0 bridgehead atoms. The van der Waals surface area contributed by atoms with Gasteiger partial charge in [0.2, 0.25) is 5.43 Å². The molecule has 0 fully saturated rings. The van der Waals surface area contributed by atoms with Crippen LogP contribution >= 0.6 is 47.8 Å². The third kappa shape index (κ3) is 4.10. The Kier molecular flexibility index (Phi) is 6.64. The number of benzene rings is 1. The van der Waals surface area contributed by atoms with Crippen LogP contribution in [-0.4, -0.2) is 10.5 Å². The number of halogens is 3. The van der Waals surface area contributed by atoms with Gasteiger partial charge in [-0.2, -0.15) is 0 Å². The molecule has 2 aromatic rings. The van der Waals surface area contributed by atoms with Gasteiger partial charge in [0.25, 0.3) is 5.91 Å². The molecule has 0 radical (unpaired) electrons. The van der Waals surface area contributed by atoms with Gasteiger partial charge in [0.05, 0.1) is 10.2 Å². The second kappa shape index (κ2) is 8.62. The fourth-order valence-electron chi connectivity index (χ4n) is 3.62. The second-order valence-corrected chi connectivity index (χ2v) is 9.30. The van der Waals surface area contributed by atoms with Crippen LogP contribution in [0.1, 0.15) is 53.5 Å². The summed E-state index contributed by atoms with van der Waals surface area (Å²) in [5.41, 5.74) is 3.49. The van der Waals surface area contributed by atoms with Crippen molar-refractivity contribution < 1.29 is 4.79 Å². The van der Waals surface area contributed by atoms with Crippen molar-refractivity contribution >= 4 is 59.4 Å². The average molecular weight is 561 g/mol. The van der Waals surface area contributed by atoms with E-state index in [1.165, 1.54) is 0 Å². The summed E-state index contributed by atoms with van der Waals surface area (Å²) < 4.78 is 4.34. The predicted octanol–water partition coefficient (Wildman–Crippen LogP) is 5.99. The summed E-state index contributed by atoms with van der Waals surface area (Å²) in [7, 11) is 0. The monoisotopic (exact) mass is 558 g/mol. The minimum absolute atomic E-state index is 0.232. The van der Waals surface area contributed by atoms with Crippen LogP contribution < -0.4 is 10.7 Å². The predicted molar refractivity (Wildman–Crippen MR) is 120 cm³/mol. The highest BCUT2D eigenvalue weighted by Gasteiger charge is 2.25. The van der Waals surface area contributed by atoms with E-state index in [-0.39, 0.29) is 16.9 Å². The molecule has 1 amide bonds. The molecule has 1 aromatic carbocycles. The lowest BCUT2D eigenvalue weighted by Crippen LogP contribution is -2.29. The zero-order chi connectivity index (χ0) is 19.7. The van der Waals surface area contributed by atoms with Crippen LogP contribution in [0.5, 0.6) is 0 Å². The van der Waals surface area contributed by atoms with Crippen LogP contribution in [0.4, 0.5) is 5.69 Å². The van der Waals surface area contributed by atoms with Crippen molar-refractivity contribution in [2.45, 2.75) is 52.5 Å². The maximum absolute atomic E-state index is 13.2. The van der Waals surface area contributed by atoms with E-state index in [0.717, 1.165) is 64.5 Å². The molecule has 0 atom stereocenters.